The lowest BCUT2D eigenvalue weighted by molar-refractivity contribution is 0.110. The first kappa shape index (κ1) is 18.3. The third-order valence-corrected chi connectivity index (χ3v) is 4.77. The maximum atomic E-state index is 5.69. The molecule has 0 heterocycles. The van der Waals surface area contributed by atoms with Crippen molar-refractivity contribution in [3.63, 3.8) is 0 Å². The minimum Gasteiger partial charge on any atom is -0.491 e. The lowest BCUT2D eigenvalue weighted by Gasteiger charge is -2.25. The average Bonchev–Trinajstić information content (AvgIpc) is 2.61. The van der Waals surface area contributed by atoms with E-state index in [4.69, 9.17) is 9.47 Å². The normalized spacial score (nSPS) is 17.1. The van der Waals surface area contributed by atoms with Gasteiger partial charge in [-0.15, -0.1) is 0 Å². The van der Waals surface area contributed by atoms with Crippen molar-refractivity contribution in [1.82, 2.24) is 5.32 Å². The van der Waals surface area contributed by atoms with Gasteiger partial charge in [0.2, 0.25) is 0 Å². The second-order valence-electron chi connectivity index (χ2n) is 6.49. The second-order valence-corrected chi connectivity index (χ2v) is 6.49. The first-order chi connectivity index (χ1) is 11.3. The van der Waals surface area contributed by atoms with Gasteiger partial charge in [0.25, 0.3) is 0 Å². The quantitative estimate of drug-likeness (QED) is 0.633. The highest BCUT2D eigenvalue weighted by Gasteiger charge is 2.15. The fourth-order valence-corrected chi connectivity index (χ4v) is 3.36. The van der Waals surface area contributed by atoms with E-state index in [1.54, 1.807) is 0 Å². The summed E-state index contributed by atoms with van der Waals surface area (Å²) in [4.78, 5) is 0. The largest absolute Gasteiger partial charge is 0.491 e. The fourth-order valence-electron chi connectivity index (χ4n) is 3.36. The van der Waals surface area contributed by atoms with E-state index in [9.17, 15) is 0 Å². The van der Waals surface area contributed by atoms with Gasteiger partial charge < -0.3 is 14.8 Å². The number of ether oxygens (including phenoxy) is 2. The van der Waals surface area contributed by atoms with E-state index in [0.29, 0.717) is 19.3 Å². The molecule has 1 unspecified atom stereocenters. The van der Waals surface area contributed by atoms with E-state index in [1.807, 2.05) is 6.92 Å². The molecular formula is C20H33NO2. The Morgan fingerprint density at radius 1 is 1.04 bits per heavy atom. The lowest BCUT2D eigenvalue weighted by atomic mass is 9.89. The summed E-state index contributed by atoms with van der Waals surface area (Å²) in [6, 6.07) is 8.99. The average molecular weight is 319 g/mol. The molecule has 1 aliphatic carbocycles. The van der Waals surface area contributed by atoms with Gasteiger partial charge in [0.1, 0.15) is 12.4 Å². The first-order valence-corrected chi connectivity index (χ1v) is 9.37. The van der Waals surface area contributed by atoms with Gasteiger partial charge >= 0.3 is 0 Å². The predicted octanol–water partition coefficient (Wildman–Crippen LogP) is 4.72. The molecule has 0 bridgehead atoms. The minimum absolute atomic E-state index is 0.453. The summed E-state index contributed by atoms with van der Waals surface area (Å²) in [6.45, 7) is 7.42. The van der Waals surface area contributed by atoms with Gasteiger partial charge in [-0.1, -0.05) is 38.3 Å². The molecule has 3 nitrogen and oxygen atoms in total. The highest BCUT2D eigenvalue weighted by atomic mass is 16.5. The van der Waals surface area contributed by atoms with Gasteiger partial charge in [0.05, 0.1) is 6.61 Å². The van der Waals surface area contributed by atoms with Crippen molar-refractivity contribution < 1.29 is 9.47 Å². The molecular weight excluding hydrogens is 286 g/mol. The molecule has 0 saturated heterocycles. The Morgan fingerprint density at radius 3 is 2.43 bits per heavy atom. The zero-order valence-corrected chi connectivity index (χ0v) is 14.9. The molecule has 130 valence electrons. The molecule has 1 atom stereocenters. The van der Waals surface area contributed by atoms with Crippen molar-refractivity contribution in [3.8, 4) is 5.75 Å². The second kappa shape index (κ2) is 10.7. The van der Waals surface area contributed by atoms with E-state index in [-0.39, 0.29) is 0 Å². The Labute approximate surface area is 141 Å². The standard InChI is InChI=1S/C20H33NO2/c1-3-20(21-16-17-8-6-5-7-9-17)18-10-12-19(13-11-18)23-15-14-22-4-2/h10-13,17,20-21H,3-9,14-16H2,1-2H3. The van der Waals surface area contributed by atoms with E-state index >= 15 is 0 Å². The van der Waals surface area contributed by atoms with Crippen LogP contribution in [0.15, 0.2) is 24.3 Å². The van der Waals surface area contributed by atoms with Gasteiger partial charge in [-0.2, -0.15) is 0 Å². The fraction of sp³-hybridized carbons (Fsp3) is 0.700. The summed E-state index contributed by atoms with van der Waals surface area (Å²) in [5.74, 6) is 1.80. The predicted molar refractivity (Wildman–Crippen MR) is 96.0 cm³/mol. The van der Waals surface area contributed by atoms with Gasteiger partial charge in [-0.3, -0.25) is 0 Å². The molecule has 3 heteroatoms. The molecule has 1 aromatic rings. The van der Waals surface area contributed by atoms with Crippen LogP contribution in [0.5, 0.6) is 5.75 Å². The van der Waals surface area contributed by atoms with Crippen LogP contribution in [-0.4, -0.2) is 26.4 Å². The first-order valence-electron chi connectivity index (χ1n) is 9.37. The van der Waals surface area contributed by atoms with Crippen LogP contribution in [0.4, 0.5) is 0 Å². The smallest absolute Gasteiger partial charge is 0.119 e. The van der Waals surface area contributed by atoms with Gasteiger partial charge in [0, 0.05) is 12.6 Å². The number of hydrogen-bond donors (Lipinski definition) is 1. The van der Waals surface area contributed by atoms with Crippen LogP contribution in [-0.2, 0) is 4.74 Å². The molecule has 2 rings (SSSR count). The summed E-state index contributed by atoms with van der Waals surface area (Å²) in [6.07, 6.45) is 8.18. The zero-order valence-electron chi connectivity index (χ0n) is 14.9. The van der Waals surface area contributed by atoms with Gasteiger partial charge in [0.15, 0.2) is 0 Å². The van der Waals surface area contributed by atoms with Crippen molar-refractivity contribution in [2.24, 2.45) is 5.92 Å². The van der Waals surface area contributed by atoms with E-state index in [1.165, 1.54) is 37.7 Å². The maximum absolute atomic E-state index is 5.69. The van der Waals surface area contributed by atoms with Gasteiger partial charge in [-0.05, 0) is 56.3 Å². The molecule has 1 aliphatic rings. The summed E-state index contributed by atoms with van der Waals surface area (Å²) < 4.78 is 11.0. The summed E-state index contributed by atoms with van der Waals surface area (Å²) in [7, 11) is 0. The number of benzene rings is 1. The van der Waals surface area contributed by atoms with Crippen LogP contribution in [0.3, 0.4) is 0 Å². The van der Waals surface area contributed by atoms with Crippen LogP contribution in [0, 0.1) is 5.92 Å². The monoisotopic (exact) mass is 319 g/mol. The molecule has 1 N–H and O–H groups in total. The summed E-state index contributed by atoms with van der Waals surface area (Å²) >= 11 is 0. The third-order valence-electron chi connectivity index (χ3n) is 4.77. The van der Waals surface area contributed by atoms with Crippen LogP contribution in [0.25, 0.3) is 0 Å². The van der Waals surface area contributed by atoms with Crippen molar-refractivity contribution in [3.05, 3.63) is 29.8 Å². The molecule has 1 saturated carbocycles. The molecule has 0 aromatic heterocycles. The van der Waals surface area contributed by atoms with Crippen LogP contribution in [0.1, 0.15) is 64.0 Å². The molecule has 0 spiro atoms. The Bertz CT molecular complexity index is 412. The minimum atomic E-state index is 0.453. The van der Waals surface area contributed by atoms with Crippen LogP contribution < -0.4 is 10.1 Å². The molecule has 0 aliphatic heterocycles. The molecule has 0 radical (unpaired) electrons. The van der Waals surface area contributed by atoms with E-state index in [0.717, 1.165) is 31.2 Å². The van der Waals surface area contributed by atoms with Crippen molar-refractivity contribution in [2.75, 3.05) is 26.4 Å². The molecule has 0 amide bonds. The number of nitrogens with one attached hydrogen (secondary N) is 1. The van der Waals surface area contributed by atoms with Gasteiger partial charge in [-0.25, -0.2) is 0 Å². The number of rotatable bonds is 10. The van der Waals surface area contributed by atoms with Crippen molar-refractivity contribution in [1.29, 1.82) is 0 Å². The SMILES string of the molecule is CCOCCOc1ccc(C(CC)NCC2CCCCC2)cc1. The van der Waals surface area contributed by atoms with E-state index in [2.05, 4.69) is 36.5 Å². The van der Waals surface area contributed by atoms with Crippen molar-refractivity contribution in [2.45, 2.75) is 58.4 Å². The molecule has 23 heavy (non-hydrogen) atoms. The topological polar surface area (TPSA) is 30.5 Å². The van der Waals surface area contributed by atoms with Crippen LogP contribution >= 0.6 is 0 Å². The third kappa shape index (κ3) is 6.52. The summed E-state index contributed by atoms with van der Waals surface area (Å²) in [5.41, 5.74) is 1.36. The maximum Gasteiger partial charge on any atom is 0.119 e. The highest BCUT2D eigenvalue weighted by Crippen LogP contribution is 2.25. The Balaban J connectivity index is 1.78. The Kier molecular flexibility index (Phi) is 8.48. The zero-order chi connectivity index (χ0) is 16.3. The van der Waals surface area contributed by atoms with Crippen molar-refractivity contribution >= 4 is 0 Å². The summed E-state index contributed by atoms with van der Waals surface area (Å²) in [5, 5.41) is 3.77. The lowest BCUT2D eigenvalue weighted by Crippen LogP contribution is -2.28. The van der Waals surface area contributed by atoms with Crippen LogP contribution in [0.2, 0.25) is 0 Å². The highest BCUT2D eigenvalue weighted by molar-refractivity contribution is 5.29. The molecule has 1 fully saturated rings. The molecule has 1 aromatic carbocycles. The Morgan fingerprint density at radius 2 is 1.78 bits per heavy atom. The van der Waals surface area contributed by atoms with E-state index < -0.39 is 0 Å². The number of hydrogen-bond acceptors (Lipinski definition) is 3. The Hall–Kier alpha value is -1.06.